The van der Waals surface area contributed by atoms with E-state index >= 15 is 0 Å². The van der Waals surface area contributed by atoms with Gasteiger partial charge in [-0.1, -0.05) is 0 Å². The van der Waals surface area contributed by atoms with Gasteiger partial charge < -0.3 is 26.0 Å². The lowest BCUT2D eigenvalue weighted by Gasteiger charge is -2.20. The normalized spacial score (nSPS) is 14.3. The molecule has 2 unspecified atom stereocenters. The molecule has 0 aliphatic heterocycles. The zero-order valence-corrected chi connectivity index (χ0v) is 9.51. The second-order valence-electron chi connectivity index (χ2n) is 3.44. The topological polar surface area (TPSA) is 90.7 Å². The van der Waals surface area contributed by atoms with Gasteiger partial charge in [-0.25, -0.2) is 0 Å². The molecule has 1 rings (SSSR count). The standard InChI is InChI=1S/C11H18N2O3/c1-15-7-3-4-10(16-2)8(5-7)11(13)9(14)6-12/h3-5,9,11,14H,6,12-13H2,1-2H3. The van der Waals surface area contributed by atoms with Crippen LogP contribution in [-0.2, 0) is 0 Å². The van der Waals surface area contributed by atoms with E-state index in [0.717, 1.165) is 0 Å². The Kier molecular flexibility index (Phi) is 4.54. The highest BCUT2D eigenvalue weighted by molar-refractivity contribution is 5.42. The van der Waals surface area contributed by atoms with Gasteiger partial charge in [0, 0.05) is 12.1 Å². The van der Waals surface area contributed by atoms with Gasteiger partial charge in [0.1, 0.15) is 11.5 Å². The molecule has 0 aliphatic carbocycles. The van der Waals surface area contributed by atoms with Crippen molar-refractivity contribution in [2.75, 3.05) is 20.8 Å². The highest BCUT2D eigenvalue weighted by Crippen LogP contribution is 2.29. The number of aliphatic hydroxyl groups is 1. The first-order chi connectivity index (χ1) is 7.63. The number of hydrogen-bond acceptors (Lipinski definition) is 5. The number of methoxy groups -OCH3 is 2. The summed E-state index contributed by atoms with van der Waals surface area (Å²) in [6.07, 6.45) is -0.805. The molecule has 0 bridgehead atoms. The highest BCUT2D eigenvalue weighted by Gasteiger charge is 2.19. The van der Waals surface area contributed by atoms with Crippen LogP contribution >= 0.6 is 0 Å². The quantitative estimate of drug-likeness (QED) is 0.658. The molecule has 0 aromatic heterocycles. The summed E-state index contributed by atoms with van der Waals surface area (Å²) in [6, 6.07) is 4.67. The number of rotatable bonds is 5. The molecule has 5 heteroatoms. The van der Waals surface area contributed by atoms with Gasteiger partial charge in [-0.15, -0.1) is 0 Å². The summed E-state index contributed by atoms with van der Waals surface area (Å²) in [5.41, 5.74) is 11.9. The minimum atomic E-state index is -0.805. The minimum Gasteiger partial charge on any atom is -0.497 e. The molecule has 2 atom stereocenters. The van der Waals surface area contributed by atoms with E-state index in [-0.39, 0.29) is 6.54 Å². The zero-order chi connectivity index (χ0) is 12.1. The average molecular weight is 226 g/mol. The Bertz CT molecular complexity index is 344. The Morgan fingerprint density at radius 2 is 2.00 bits per heavy atom. The van der Waals surface area contributed by atoms with Gasteiger partial charge in [-0.3, -0.25) is 0 Å². The largest absolute Gasteiger partial charge is 0.497 e. The Hall–Kier alpha value is -1.30. The van der Waals surface area contributed by atoms with Gasteiger partial charge in [0.25, 0.3) is 0 Å². The summed E-state index contributed by atoms with van der Waals surface area (Å²) in [6.45, 7) is 0.0987. The molecular weight excluding hydrogens is 208 g/mol. The maximum absolute atomic E-state index is 9.62. The number of ether oxygens (including phenoxy) is 2. The van der Waals surface area contributed by atoms with Crippen molar-refractivity contribution in [3.63, 3.8) is 0 Å². The van der Waals surface area contributed by atoms with Gasteiger partial charge in [-0.2, -0.15) is 0 Å². The third kappa shape index (κ3) is 2.63. The van der Waals surface area contributed by atoms with Crippen LogP contribution in [0.25, 0.3) is 0 Å². The Morgan fingerprint density at radius 3 is 2.50 bits per heavy atom. The first-order valence-corrected chi connectivity index (χ1v) is 4.99. The molecular formula is C11H18N2O3. The van der Waals surface area contributed by atoms with Crippen LogP contribution in [-0.4, -0.2) is 32.0 Å². The Balaban J connectivity index is 3.07. The second-order valence-corrected chi connectivity index (χ2v) is 3.44. The SMILES string of the molecule is COc1ccc(OC)c(C(N)C(O)CN)c1. The molecule has 90 valence electrons. The van der Waals surface area contributed by atoms with Gasteiger partial charge in [-0.05, 0) is 18.2 Å². The van der Waals surface area contributed by atoms with E-state index in [0.29, 0.717) is 17.1 Å². The van der Waals surface area contributed by atoms with Crippen molar-refractivity contribution in [1.82, 2.24) is 0 Å². The number of benzene rings is 1. The van der Waals surface area contributed by atoms with Gasteiger partial charge >= 0.3 is 0 Å². The zero-order valence-electron chi connectivity index (χ0n) is 9.51. The molecule has 1 aromatic carbocycles. The van der Waals surface area contributed by atoms with Crippen molar-refractivity contribution in [1.29, 1.82) is 0 Å². The minimum absolute atomic E-state index is 0.0987. The van der Waals surface area contributed by atoms with E-state index in [1.54, 1.807) is 32.4 Å². The molecule has 0 saturated carbocycles. The molecule has 5 nitrogen and oxygen atoms in total. The van der Waals surface area contributed by atoms with Gasteiger partial charge in [0.05, 0.1) is 26.4 Å². The van der Waals surface area contributed by atoms with Crippen molar-refractivity contribution in [2.24, 2.45) is 11.5 Å². The van der Waals surface area contributed by atoms with Crippen LogP contribution in [0, 0.1) is 0 Å². The summed E-state index contributed by atoms with van der Waals surface area (Å²) < 4.78 is 10.3. The van der Waals surface area contributed by atoms with Crippen molar-refractivity contribution in [2.45, 2.75) is 12.1 Å². The van der Waals surface area contributed by atoms with Crippen LogP contribution in [0.5, 0.6) is 11.5 Å². The number of aliphatic hydroxyl groups excluding tert-OH is 1. The molecule has 0 amide bonds. The Labute approximate surface area is 95.0 Å². The average Bonchev–Trinajstić information content (AvgIpc) is 2.35. The fourth-order valence-corrected chi connectivity index (χ4v) is 1.45. The molecule has 0 saturated heterocycles. The van der Waals surface area contributed by atoms with Crippen molar-refractivity contribution in [3.05, 3.63) is 23.8 Å². The van der Waals surface area contributed by atoms with Gasteiger partial charge in [0.15, 0.2) is 0 Å². The third-order valence-corrected chi connectivity index (χ3v) is 2.45. The number of hydrogen-bond donors (Lipinski definition) is 3. The van der Waals surface area contributed by atoms with E-state index in [1.165, 1.54) is 0 Å². The lowest BCUT2D eigenvalue weighted by atomic mass is 10.0. The van der Waals surface area contributed by atoms with Crippen LogP contribution in [0.15, 0.2) is 18.2 Å². The first kappa shape index (κ1) is 12.8. The number of nitrogens with two attached hydrogens (primary N) is 2. The fourth-order valence-electron chi connectivity index (χ4n) is 1.45. The van der Waals surface area contributed by atoms with E-state index in [2.05, 4.69) is 0 Å². The molecule has 0 spiro atoms. The summed E-state index contributed by atoms with van der Waals surface area (Å²) in [5.74, 6) is 1.27. The van der Waals surface area contributed by atoms with E-state index in [9.17, 15) is 5.11 Å². The monoisotopic (exact) mass is 226 g/mol. The molecule has 0 fully saturated rings. The smallest absolute Gasteiger partial charge is 0.123 e. The molecule has 0 radical (unpaired) electrons. The second kappa shape index (κ2) is 5.69. The van der Waals surface area contributed by atoms with E-state index < -0.39 is 12.1 Å². The first-order valence-electron chi connectivity index (χ1n) is 4.99. The van der Waals surface area contributed by atoms with Crippen molar-refractivity contribution >= 4 is 0 Å². The maximum atomic E-state index is 9.62. The van der Waals surface area contributed by atoms with Crippen LogP contribution in [0.4, 0.5) is 0 Å². The molecule has 0 aliphatic rings. The summed E-state index contributed by atoms with van der Waals surface area (Å²) in [5, 5.41) is 9.62. The summed E-state index contributed by atoms with van der Waals surface area (Å²) >= 11 is 0. The summed E-state index contributed by atoms with van der Waals surface area (Å²) in [7, 11) is 3.11. The lowest BCUT2D eigenvalue weighted by molar-refractivity contribution is 0.151. The van der Waals surface area contributed by atoms with Crippen molar-refractivity contribution in [3.8, 4) is 11.5 Å². The van der Waals surface area contributed by atoms with Crippen molar-refractivity contribution < 1.29 is 14.6 Å². The predicted octanol–water partition coefficient (Wildman–Crippen LogP) is 0.0232. The third-order valence-electron chi connectivity index (χ3n) is 2.45. The van der Waals surface area contributed by atoms with Crippen LogP contribution < -0.4 is 20.9 Å². The van der Waals surface area contributed by atoms with Crippen LogP contribution in [0.1, 0.15) is 11.6 Å². The summed E-state index contributed by atoms with van der Waals surface area (Å²) in [4.78, 5) is 0. The lowest BCUT2D eigenvalue weighted by Crippen LogP contribution is -2.33. The van der Waals surface area contributed by atoms with Gasteiger partial charge in [0.2, 0.25) is 0 Å². The molecule has 0 heterocycles. The molecule has 1 aromatic rings. The Morgan fingerprint density at radius 1 is 1.31 bits per heavy atom. The maximum Gasteiger partial charge on any atom is 0.123 e. The fraction of sp³-hybridized carbons (Fsp3) is 0.455. The van der Waals surface area contributed by atoms with Crippen LogP contribution in [0.3, 0.4) is 0 Å². The molecule has 5 N–H and O–H groups in total. The highest BCUT2D eigenvalue weighted by atomic mass is 16.5. The van der Waals surface area contributed by atoms with E-state index in [1.807, 2.05) is 0 Å². The molecule has 16 heavy (non-hydrogen) atoms. The van der Waals surface area contributed by atoms with E-state index in [4.69, 9.17) is 20.9 Å². The van der Waals surface area contributed by atoms with Crippen LogP contribution in [0.2, 0.25) is 0 Å². The predicted molar refractivity (Wildman–Crippen MR) is 61.5 cm³/mol.